The van der Waals surface area contributed by atoms with Crippen LogP contribution in [0.15, 0.2) is 30.3 Å². The number of carbonyl (C=O) groups is 2. The lowest BCUT2D eigenvalue weighted by molar-refractivity contribution is -0.125. The van der Waals surface area contributed by atoms with Crippen LogP contribution in [0.2, 0.25) is 0 Å². The fraction of sp³-hybridized carbons (Fsp3) is 0.333. The number of carbonyl (C=O) groups excluding carboxylic acids is 2. The summed E-state index contributed by atoms with van der Waals surface area (Å²) in [5.74, 6) is -0.144. The number of hydrogen-bond acceptors (Lipinski definition) is 2. The van der Waals surface area contributed by atoms with Crippen LogP contribution < -0.4 is 10.6 Å². The summed E-state index contributed by atoms with van der Waals surface area (Å²) in [7, 11) is 0. The average Bonchev–Trinajstić information content (AvgIpc) is 2.74. The van der Waals surface area contributed by atoms with Crippen LogP contribution in [-0.2, 0) is 16.1 Å². The van der Waals surface area contributed by atoms with Gasteiger partial charge in [0.1, 0.15) is 6.04 Å². The zero-order valence-corrected chi connectivity index (χ0v) is 8.90. The van der Waals surface area contributed by atoms with E-state index in [1.807, 2.05) is 30.3 Å². The molecule has 0 bridgehead atoms. The minimum Gasteiger partial charge on any atom is -0.350 e. The van der Waals surface area contributed by atoms with E-state index in [9.17, 15) is 9.59 Å². The molecule has 0 radical (unpaired) electrons. The first-order valence-electron chi connectivity index (χ1n) is 5.37. The van der Waals surface area contributed by atoms with E-state index in [-0.39, 0.29) is 17.9 Å². The number of rotatable bonds is 3. The Bertz CT molecular complexity index is 389. The third-order valence-corrected chi connectivity index (χ3v) is 2.62. The third-order valence-electron chi connectivity index (χ3n) is 2.62. The predicted molar refractivity (Wildman–Crippen MR) is 59.5 cm³/mol. The van der Waals surface area contributed by atoms with Gasteiger partial charge < -0.3 is 10.6 Å². The van der Waals surface area contributed by atoms with Gasteiger partial charge in [-0.25, -0.2) is 0 Å². The molecule has 1 aromatic carbocycles. The van der Waals surface area contributed by atoms with Crippen LogP contribution in [-0.4, -0.2) is 17.9 Å². The molecule has 1 heterocycles. The molecule has 2 rings (SSSR count). The van der Waals surface area contributed by atoms with Gasteiger partial charge in [-0.2, -0.15) is 0 Å². The van der Waals surface area contributed by atoms with E-state index in [2.05, 4.69) is 10.6 Å². The van der Waals surface area contributed by atoms with Crippen molar-refractivity contribution in [3.63, 3.8) is 0 Å². The maximum absolute atomic E-state index is 11.6. The van der Waals surface area contributed by atoms with Crippen LogP contribution in [0.5, 0.6) is 0 Å². The minimum absolute atomic E-state index is 0.0418. The van der Waals surface area contributed by atoms with Gasteiger partial charge in [0.2, 0.25) is 11.8 Å². The molecule has 0 saturated carbocycles. The van der Waals surface area contributed by atoms with Crippen molar-refractivity contribution < 1.29 is 9.59 Å². The Morgan fingerprint density at radius 2 is 2.12 bits per heavy atom. The average molecular weight is 218 g/mol. The predicted octanol–water partition coefficient (Wildman–Crippen LogP) is 0.581. The first-order chi connectivity index (χ1) is 7.75. The van der Waals surface area contributed by atoms with Crippen molar-refractivity contribution in [3.8, 4) is 0 Å². The molecule has 0 aromatic heterocycles. The third kappa shape index (κ3) is 2.59. The van der Waals surface area contributed by atoms with Crippen LogP contribution in [0.4, 0.5) is 0 Å². The van der Waals surface area contributed by atoms with Crippen LogP contribution in [0.1, 0.15) is 18.4 Å². The standard InChI is InChI=1S/C12H14N2O2/c15-11-7-6-10(14-11)12(16)13-8-9-4-2-1-3-5-9/h1-5,10H,6-8H2,(H,13,16)(H,14,15)/t10-/m0/s1. The van der Waals surface area contributed by atoms with Gasteiger partial charge in [-0.1, -0.05) is 30.3 Å². The molecule has 1 saturated heterocycles. The molecule has 2 N–H and O–H groups in total. The monoisotopic (exact) mass is 218 g/mol. The van der Waals surface area contributed by atoms with Crippen molar-refractivity contribution in [1.29, 1.82) is 0 Å². The highest BCUT2D eigenvalue weighted by atomic mass is 16.2. The van der Waals surface area contributed by atoms with Crippen molar-refractivity contribution in [2.45, 2.75) is 25.4 Å². The molecular weight excluding hydrogens is 204 g/mol. The summed E-state index contributed by atoms with van der Waals surface area (Å²) in [6.45, 7) is 0.506. The normalized spacial score (nSPS) is 19.2. The van der Waals surface area contributed by atoms with Crippen LogP contribution >= 0.6 is 0 Å². The van der Waals surface area contributed by atoms with Gasteiger partial charge in [0.25, 0.3) is 0 Å². The maximum Gasteiger partial charge on any atom is 0.242 e. The lowest BCUT2D eigenvalue weighted by Crippen LogP contribution is -2.41. The van der Waals surface area contributed by atoms with Gasteiger partial charge in [0.05, 0.1) is 0 Å². The molecule has 2 amide bonds. The molecular formula is C12H14N2O2. The topological polar surface area (TPSA) is 58.2 Å². The Hall–Kier alpha value is -1.84. The molecule has 16 heavy (non-hydrogen) atoms. The number of nitrogens with one attached hydrogen (secondary N) is 2. The Balaban J connectivity index is 1.82. The van der Waals surface area contributed by atoms with Crippen molar-refractivity contribution in [2.75, 3.05) is 0 Å². The van der Waals surface area contributed by atoms with Crippen molar-refractivity contribution in [1.82, 2.24) is 10.6 Å². The lowest BCUT2D eigenvalue weighted by Gasteiger charge is -2.10. The molecule has 4 nitrogen and oxygen atoms in total. The molecule has 0 unspecified atom stereocenters. The summed E-state index contributed by atoms with van der Waals surface area (Å²) in [4.78, 5) is 22.6. The summed E-state index contributed by atoms with van der Waals surface area (Å²) in [6, 6.07) is 9.34. The fourth-order valence-corrected chi connectivity index (χ4v) is 1.72. The molecule has 4 heteroatoms. The van der Waals surface area contributed by atoms with E-state index in [1.165, 1.54) is 0 Å². The number of amides is 2. The van der Waals surface area contributed by atoms with Crippen molar-refractivity contribution >= 4 is 11.8 Å². The zero-order chi connectivity index (χ0) is 11.4. The molecule has 1 aliphatic rings. The van der Waals surface area contributed by atoms with Gasteiger partial charge in [-0.05, 0) is 12.0 Å². The first-order valence-corrected chi connectivity index (χ1v) is 5.37. The minimum atomic E-state index is -0.351. The van der Waals surface area contributed by atoms with E-state index < -0.39 is 0 Å². The first kappa shape index (κ1) is 10.7. The Kier molecular flexibility index (Phi) is 3.19. The van der Waals surface area contributed by atoms with Crippen LogP contribution in [0, 0.1) is 0 Å². The quantitative estimate of drug-likeness (QED) is 0.779. The van der Waals surface area contributed by atoms with Gasteiger partial charge in [-0.3, -0.25) is 9.59 Å². The highest BCUT2D eigenvalue weighted by Gasteiger charge is 2.26. The van der Waals surface area contributed by atoms with Gasteiger partial charge in [-0.15, -0.1) is 0 Å². The smallest absolute Gasteiger partial charge is 0.242 e. The van der Waals surface area contributed by atoms with Crippen molar-refractivity contribution in [3.05, 3.63) is 35.9 Å². The number of benzene rings is 1. The van der Waals surface area contributed by atoms with E-state index in [0.717, 1.165) is 5.56 Å². The summed E-state index contributed by atoms with van der Waals surface area (Å²) >= 11 is 0. The van der Waals surface area contributed by atoms with Gasteiger partial charge in [0, 0.05) is 13.0 Å². The summed E-state index contributed by atoms with van der Waals surface area (Å²) in [6.07, 6.45) is 1.04. The Morgan fingerprint density at radius 3 is 2.75 bits per heavy atom. The van der Waals surface area contributed by atoms with E-state index in [1.54, 1.807) is 0 Å². The summed E-state index contributed by atoms with van der Waals surface area (Å²) in [5.41, 5.74) is 1.06. The zero-order valence-electron chi connectivity index (χ0n) is 8.90. The van der Waals surface area contributed by atoms with Crippen molar-refractivity contribution in [2.24, 2.45) is 0 Å². The largest absolute Gasteiger partial charge is 0.350 e. The Labute approximate surface area is 94.0 Å². The molecule has 1 aliphatic heterocycles. The van der Waals surface area contributed by atoms with Gasteiger partial charge in [0.15, 0.2) is 0 Å². The molecule has 1 atom stereocenters. The van der Waals surface area contributed by atoms with E-state index in [4.69, 9.17) is 0 Å². The molecule has 0 spiro atoms. The lowest BCUT2D eigenvalue weighted by atomic mass is 10.2. The molecule has 84 valence electrons. The van der Waals surface area contributed by atoms with Crippen LogP contribution in [0.25, 0.3) is 0 Å². The second-order valence-corrected chi connectivity index (χ2v) is 3.86. The summed E-state index contributed by atoms with van der Waals surface area (Å²) < 4.78 is 0. The van der Waals surface area contributed by atoms with E-state index >= 15 is 0 Å². The Morgan fingerprint density at radius 1 is 1.38 bits per heavy atom. The second kappa shape index (κ2) is 4.79. The molecule has 1 aromatic rings. The second-order valence-electron chi connectivity index (χ2n) is 3.86. The van der Waals surface area contributed by atoms with Gasteiger partial charge >= 0.3 is 0 Å². The summed E-state index contributed by atoms with van der Waals surface area (Å²) in [5, 5.41) is 5.45. The molecule has 0 aliphatic carbocycles. The maximum atomic E-state index is 11.6. The molecule has 1 fully saturated rings. The highest BCUT2D eigenvalue weighted by molar-refractivity contribution is 5.90. The number of hydrogen-bond donors (Lipinski definition) is 2. The SMILES string of the molecule is O=C1CC[C@@H](C(=O)NCc2ccccc2)N1. The fourth-order valence-electron chi connectivity index (χ4n) is 1.72. The highest BCUT2D eigenvalue weighted by Crippen LogP contribution is 2.06. The van der Waals surface area contributed by atoms with Crippen LogP contribution in [0.3, 0.4) is 0 Å². The van der Waals surface area contributed by atoms with E-state index in [0.29, 0.717) is 19.4 Å².